The molecule has 0 amide bonds. The normalized spacial score (nSPS) is 13.7. The molecule has 0 rings (SSSR count). The Hall–Kier alpha value is -1.26. The van der Waals surface area contributed by atoms with Crippen LogP contribution in [-0.2, 0) is 0 Å². The molecular formula is C9H21N5. The van der Waals surface area contributed by atoms with Gasteiger partial charge in [0.2, 0.25) is 5.96 Å². The molecule has 0 radical (unpaired) electrons. The molecule has 0 saturated carbocycles. The van der Waals surface area contributed by atoms with Gasteiger partial charge in [0.1, 0.15) is 0 Å². The van der Waals surface area contributed by atoms with Gasteiger partial charge in [0.25, 0.3) is 0 Å². The first-order valence-electron chi connectivity index (χ1n) is 5.03. The topological polar surface area (TPSA) is 103 Å². The van der Waals surface area contributed by atoms with E-state index in [0.29, 0.717) is 0 Å². The molecular weight excluding hydrogens is 178 g/mol. The number of rotatable bonds is 5. The van der Waals surface area contributed by atoms with E-state index in [0.717, 1.165) is 25.7 Å². The van der Waals surface area contributed by atoms with Crippen molar-refractivity contribution in [3.63, 3.8) is 0 Å². The number of aliphatic imine (C=N–C) groups is 2. The van der Waals surface area contributed by atoms with E-state index in [1.807, 2.05) is 0 Å². The molecule has 0 spiro atoms. The van der Waals surface area contributed by atoms with Crippen molar-refractivity contribution < 1.29 is 0 Å². The standard InChI is InChI=1S/C9H21N5/c1-3-5-6-7(4-2)13-9(12)14-8(10)11/h7H,3-6H2,1-2H3,(H6,10,11,12,13,14). The second kappa shape index (κ2) is 7.17. The maximum absolute atomic E-state index is 5.53. The molecule has 0 fully saturated rings. The lowest BCUT2D eigenvalue weighted by molar-refractivity contribution is 0.564. The molecule has 82 valence electrons. The monoisotopic (exact) mass is 199 g/mol. The molecule has 0 aliphatic rings. The Bertz CT molecular complexity index is 205. The quantitative estimate of drug-likeness (QED) is 0.445. The van der Waals surface area contributed by atoms with Crippen molar-refractivity contribution in [1.82, 2.24) is 0 Å². The Morgan fingerprint density at radius 3 is 2.29 bits per heavy atom. The average Bonchev–Trinajstić information content (AvgIpc) is 2.10. The van der Waals surface area contributed by atoms with Gasteiger partial charge in [-0.05, 0) is 12.8 Å². The Balaban J connectivity index is 4.19. The molecule has 0 aliphatic heterocycles. The zero-order valence-electron chi connectivity index (χ0n) is 9.03. The maximum atomic E-state index is 5.53. The van der Waals surface area contributed by atoms with Crippen molar-refractivity contribution in [3.05, 3.63) is 0 Å². The van der Waals surface area contributed by atoms with Crippen LogP contribution < -0.4 is 17.2 Å². The minimum absolute atomic E-state index is 0.0448. The maximum Gasteiger partial charge on any atom is 0.218 e. The van der Waals surface area contributed by atoms with Crippen LogP contribution in [0.15, 0.2) is 9.98 Å². The molecule has 0 bridgehead atoms. The summed E-state index contributed by atoms with van der Waals surface area (Å²) in [7, 11) is 0. The van der Waals surface area contributed by atoms with Crippen LogP contribution in [0.25, 0.3) is 0 Å². The first-order chi connectivity index (χ1) is 6.60. The first kappa shape index (κ1) is 12.7. The lowest BCUT2D eigenvalue weighted by atomic mass is 10.1. The van der Waals surface area contributed by atoms with Gasteiger partial charge >= 0.3 is 0 Å². The minimum Gasteiger partial charge on any atom is -0.370 e. The van der Waals surface area contributed by atoms with E-state index in [1.165, 1.54) is 0 Å². The number of hydrogen-bond acceptors (Lipinski definition) is 1. The van der Waals surface area contributed by atoms with Crippen molar-refractivity contribution in [3.8, 4) is 0 Å². The molecule has 6 N–H and O–H groups in total. The van der Waals surface area contributed by atoms with Gasteiger partial charge in [-0.15, -0.1) is 0 Å². The van der Waals surface area contributed by atoms with Crippen molar-refractivity contribution in [2.24, 2.45) is 27.2 Å². The summed E-state index contributed by atoms with van der Waals surface area (Å²) in [5, 5.41) is 0. The van der Waals surface area contributed by atoms with E-state index in [2.05, 4.69) is 23.8 Å². The van der Waals surface area contributed by atoms with E-state index in [-0.39, 0.29) is 18.0 Å². The highest BCUT2D eigenvalue weighted by Crippen LogP contribution is 2.08. The lowest BCUT2D eigenvalue weighted by Gasteiger charge is -2.08. The predicted octanol–water partition coefficient (Wildman–Crippen LogP) is 0.543. The van der Waals surface area contributed by atoms with Gasteiger partial charge in [-0.1, -0.05) is 26.7 Å². The molecule has 0 aliphatic carbocycles. The summed E-state index contributed by atoms with van der Waals surface area (Å²) in [4.78, 5) is 7.89. The third-order valence-electron chi connectivity index (χ3n) is 1.92. The van der Waals surface area contributed by atoms with Gasteiger partial charge in [-0.3, -0.25) is 0 Å². The number of unbranched alkanes of at least 4 members (excludes halogenated alkanes) is 1. The highest BCUT2D eigenvalue weighted by Gasteiger charge is 2.03. The van der Waals surface area contributed by atoms with E-state index < -0.39 is 0 Å². The van der Waals surface area contributed by atoms with Crippen molar-refractivity contribution in [1.29, 1.82) is 0 Å². The summed E-state index contributed by atoms with van der Waals surface area (Å²) < 4.78 is 0. The number of guanidine groups is 2. The van der Waals surface area contributed by atoms with Crippen molar-refractivity contribution in [2.45, 2.75) is 45.6 Å². The van der Waals surface area contributed by atoms with Gasteiger partial charge in [-0.2, -0.15) is 4.99 Å². The third kappa shape index (κ3) is 6.28. The van der Waals surface area contributed by atoms with E-state index in [1.54, 1.807) is 0 Å². The van der Waals surface area contributed by atoms with Gasteiger partial charge in [0, 0.05) is 0 Å². The molecule has 0 saturated heterocycles. The molecule has 5 nitrogen and oxygen atoms in total. The van der Waals surface area contributed by atoms with Gasteiger partial charge < -0.3 is 17.2 Å². The summed E-state index contributed by atoms with van der Waals surface area (Å²) in [6.07, 6.45) is 4.31. The van der Waals surface area contributed by atoms with Crippen LogP contribution >= 0.6 is 0 Å². The SMILES string of the molecule is CCCCC(CC)N=C(N)N=C(N)N. The first-order valence-corrected chi connectivity index (χ1v) is 5.03. The van der Waals surface area contributed by atoms with Gasteiger partial charge in [0.15, 0.2) is 5.96 Å². The van der Waals surface area contributed by atoms with Crippen molar-refractivity contribution >= 4 is 11.9 Å². The fraction of sp³-hybridized carbons (Fsp3) is 0.778. The van der Waals surface area contributed by atoms with Crippen LogP contribution in [0.2, 0.25) is 0 Å². The lowest BCUT2D eigenvalue weighted by Crippen LogP contribution is -2.27. The smallest absolute Gasteiger partial charge is 0.218 e. The molecule has 0 aromatic heterocycles. The highest BCUT2D eigenvalue weighted by atomic mass is 15.1. The van der Waals surface area contributed by atoms with E-state index in [9.17, 15) is 0 Å². The van der Waals surface area contributed by atoms with Crippen LogP contribution in [0.1, 0.15) is 39.5 Å². The van der Waals surface area contributed by atoms with Crippen LogP contribution in [0.4, 0.5) is 0 Å². The third-order valence-corrected chi connectivity index (χ3v) is 1.92. The van der Waals surface area contributed by atoms with Gasteiger partial charge in [-0.25, -0.2) is 4.99 Å². The number of nitrogens with zero attached hydrogens (tertiary/aromatic N) is 2. The number of hydrogen-bond donors (Lipinski definition) is 3. The molecule has 0 aromatic rings. The average molecular weight is 199 g/mol. The second-order valence-electron chi connectivity index (χ2n) is 3.23. The zero-order chi connectivity index (χ0) is 11.0. The molecule has 1 unspecified atom stereocenters. The molecule has 1 atom stereocenters. The largest absolute Gasteiger partial charge is 0.370 e. The van der Waals surface area contributed by atoms with Crippen LogP contribution in [0.5, 0.6) is 0 Å². The minimum atomic E-state index is -0.0448. The van der Waals surface area contributed by atoms with E-state index >= 15 is 0 Å². The highest BCUT2D eigenvalue weighted by molar-refractivity contribution is 5.92. The summed E-state index contributed by atoms with van der Waals surface area (Å²) >= 11 is 0. The second-order valence-corrected chi connectivity index (χ2v) is 3.23. The predicted molar refractivity (Wildman–Crippen MR) is 61.0 cm³/mol. The fourth-order valence-corrected chi connectivity index (χ4v) is 1.15. The molecule has 5 heteroatoms. The molecule has 14 heavy (non-hydrogen) atoms. The zero-order valence-corrected chi connectivity index (χ0v) is 9.03. The van der Waals surface area contributed by atoms with Crippen LogP contribution in [0, 0.1) is 0 Å². The Labute approximate surface area is 85.5 Å². The van der Waals surface area contributed by atoms with Gasteiger partial charge in [0.05, 0.1) is 6.04 Å². The van der Waals surface area contributed by atoms with Crippen LogP contribution in [0.3, 0.4) is 0 Å². The van der Waals surface area contributed by atoms with E-state index in [4.69, 9.17) is 17.2 Å². The number of nitrogens with two attached hydrogens (primary N) is 3. The van der Waals surface area contributed by atoms with Crippen molar-refractivity contribution in [2.75, 3.05) is 0 Å². The Morgan fingerprint density at radius 2 is 1.86 bits per heavy atom. The summed E-state index contributed by atoms with van der Waals surface area (Å²) in [6.45, 7) is 4.22. The molecule has 0 heterocycles. The summed E-state index contributed by atoms with van der Waals surface area (Å²) in [5.41, 5.74) is 15.9. The Kier molecular flexibility index (Phi) is 6.53. The summed E-state index contributed by atoms with van der Waals surface area (Å²) in [6, 6.07) is 0.234. The summed E-state index contributed by atoms with van der Waals surface area (Å²) in [5.74, 6) is 0.129. The fourth-order valence-electron chi connectivity index (χ4n) is 1.15. The van der Waals surface area contributed by atoms with Crippen LogP contribution in [-0.4, -0.2) is 18.0 Å². The molecule has 0 aromatic carbocycles. The Morgan fingerprint density at radius 1 is 1.21 bits per heavy atom.